The second-order valence-electron chi connectivity index (χ2n) is 8.36. The molecular weight excluding hydrogens is 414 g/mol. The number of nitrogens with zero attached hydrogens (tertiary/aromatic N) is 2. The highest BCUT2D eigenvalue weighted by molar-refractivity contribution is 5.95. The lowest BCUT2D eigenvalue weighted by Crippen LogP contribution is -2.15. The maximum Gasteiger partial charge on any atom is 0.254 e. The van der Waals surface area contributed by atoms with Gasteiger partial charge in [-0.3, -0.25) is 4.79 Å². The van der Waals surface area contributed by atoms with Gasteiger partial charge in [-0.15, -0.1) is 0 Å². The van der Waals surface area contributed by atoms with Gasteiger partial charge < -0.3 is 15.2 Å². The lowest BCUT2D eigenvalue weighted by molar-refractivity contribution is 0.0997. The van der Waals surface area contributed by atoms with Crippen molar-refractivity contribution in [1.29, 1.82) is 5.26 Å². The molecule has 0 radical (unpaired) electrons. The molecule has 0 bridgehead atoms. The third-order valence-corrected chi connectivity index (χ3v) is 6.03. The average molecular weight is 442 g/mol. The quantitative estimate of drug-likeness (QED) is 0.481. The summed E-state index contributed by atoms with van der Waals surface area (Å²) in [5, 5.41) is 9.30. The van der Waals surface area contributed by atoms with E-state index in [-0.39, 0.29) is 23.3 Å². The zero-order valence-corrected chi connectivity index (χ0v) is 18.4. The fraction of sp³-hybridized carbons (Fsp3) is 0.296. The summed E-state index contributed by atoms with van der Waals surface area (Å²) in [6.45, 7) is 0. The van der Waals surface area contributed by atoms with Crippen LogP contribution in [0.1, 0.15) is 60.4 Å². The van der Waals surface area contributed by atoms with Crippen LogP contribution in [0, 0.1) is 17.2 Å². The van der Waals surface area contributed by atoms with Crippen LogP contribution in [0.4, 0.5) is 0 Å². The van der Waals surface area contributed by atoms with Crippen molar-refractivity contribution in [2.45, 2.75) is 44.4 Å². The third-order valence-electron chi connectivity index (χ3n) is 6.03. The predicted octanol–water partition coefficient (Wildman–Crippen LogP) is 6.34. The fourth-order valence-electron chi connectivity index (χ4n) is 4.20. The number of para-hydroxylation sites is 1. The summed E-state index contributed by atoms with van der Waals surface area (Å²) in [6.07, 6.45) is 7.63. The van der Waals surface area contributed by atoms with Gasteiger partial charge in [0, 0.05) is 12.1 Å². The molecule has 2 aromatic carbocycles. The van der Waals surface area contributed by atoms with Gasteiger partial charge in [-0.1, -0.05) is 31.0 Å². The standard InChI is InChI=1S/C27H27N3O3/c28-17-19-6-4-5-7-20(11-10-19)21-16-25(26(29)31)27(30-18-21)33-24-14-12-23(13-15-24)32-22-8-2-1-3-9-22/h1-3,8-9,12-16,18-20H,4-7,10-11H2,(H2,29,31)/t19?,20-/m0/s1. The molecule has 0 spiro atoms. The van der Waals surface area contributed by atoms with E-state index >= 15 is 0 Å². The highest BCUT2D eigenvalue weighted by Crippen LogP contribution is 2.35. The van der Waals surface area contributed by atoms with Gasteiger partial charge in [0.1, 0.15) is 22.8 Å². The first kappa shape index (κ1) is 22.3. The number of primary amides is 1. The summed E-state index contributed by atoms with van der Waals surface area (Å²) in [4.78, 5) is 16.6. The van der Waals surface area contributed by atoms with Gasteiger partial charge in [-0.25, -0.2) is 4.98 Å². The minimum absolute atomic E-state index is 0.104. The van der Waals surface area contributed by atoms with E-state index in [9.17, 15) is 10.1 Å². The van der Waals surface area contributed by atoms with E-state index in [0.717, 1.165) is 49.8 Å². The van der Waals surface area contributed by atoms with Crippen molar-refractivity contribution in [1.82, 2.24) is 4.98 Å². The smallest absolute Gasteiger partial charge is 0.254 e. The monoisotopic (exact) mass is 441 g/mol. The first-order chi connectivity index (χ1) is 16.1. The molecule has 1 aromatic heterocycles. The molecule has 2 N–H and O–H groups in total. The van der Waals surface area contributed by atoms with Gasteiger partial charge in [0.05, 0.1) is 6.07 Å². The summed E-state index contributed by atoms with van der Waals surface area (Å²) in [6, 6.07) is 20.8. The van der Waals surface area contributed by atoms with E-state index in [4.69, 9.17) is 15.2 Å². The van der Waals surface area contributed by atoms with Crippen LogP contribution < -0.4 is 15.2 Å². The Morgan fingerprint density at radius 1 is 0.909 bits per heavy atom. The third kappa shape index (κ3) is 5.89. The first-order valence-electron chi connectivity index (χ1n) is 11.3. The zero-order valence-electron chi connectivity index (χ0n) is 18.4. The molecule has 168 valence electrons. The number of hydrogen-bond acceptors (Lipinski definition) is 5. The SMILES string of the molecule is N#CC1CCCC[C@H](c2cnc(Oc3ccc(Oc4ccccc4)cc3)c(C(N)=O)c2)CC1. The predicted molar refractivity (Wildman–Crippen MR) is 125 cm³/mol. The highest BCUT2D eigenvalue weighted by atomic mass is 16.5. The van der Waals surface area contributed by atoms with E-state index in [1.807, 2.05) is 30.3 Å². The number of pyridine rings is 1. The number of benzene rings is 2. The molecule has 1 amide bonds. The van der Waals surface area contributed by atoms with Crippen LogP contribution >= 0.6 is 0 Å². The highest BCUT2D eigenvalue weighted by Gasteiger charge is 2.21. The Hall–Kier alpha value is -3.85. The van der Waals surface area contributed by atoms with Gasteiger partial charge in [-0.05, 0) is 79.6 Å². The van der Waals surface area contributed by atoms with Crippen LogP contribution in [-0.4, -0.2) is 10.9 Å². The van der Waals surface area contributed by atoms with Crippen molar-refractivity contribution in [3.63, 3.8) is 0 Å². The van der Waals surface area contributed by atoms with Gasteiger partial charge >= 0.3 is 0 Å². The van der Waals surface area contributed by atoms with E-state index < -0.39 is 5.91 Å². The van der Waals surface area contributed by atoms with Gasteiger partial charge in [0.2, 0.25) is 5.88 Å². The number of carbonyl (C=O) groups is 1. The van der Waals surface area contributed by atoms with Crippen LogP contribution in [0.25, 0.3) is 0 Å². The molecular formula is C27H27N3O3. The van der Waals surface area contributed by atoms with Crippen molar-refractivity contribution in [3.8, 4) is 29.2 Å². The van der Waals surface area contributed by atoms with Crippen molar-refractivity contribution < 1.29 is 14.3 Å². The topological polar surface area (TPSA) is 98.2 Å². The normalized spacial score (nSPS) is 18.4. The molecule has 6 nitrogen and oxygen atoms in total. The van der Waals surface area contributed by atoms with Gasteiger partial charge in [-0.2, -0.15) is 5.26 Å². The summed E-state index contributed by atoms with van der Waals surface area (Å²) in [7, 11) is 0. The number of carbonyl (C=O) groups excluding carboxylic acids is 1. The molecule has 2 atom stereocenters. The van der Waals surface area contributed by atoms with Crippen LogP contribution in [0.3, 0.4) is 0 Å². The van der Waals surface area contributed by atoms with E-state index in [0.29, 0.717) is 11.5 Å². The maximum atomic E-state index is 12.2. The summed E-state index contributed by atoms with van der Waals surface area (Å²) in [5.41, 5.74) is 6.89. The summed E-state index contributed by atoms with van der Waals surface area (Å²) in [5.74, 6) is 1.92. The minimum atomic E-state index is -0.580. The molecule has 0 aliphatic heterocycles. The summed E-state index contributed by atoms with van der Waals surface area (Å²) >= 11 is 0. The Labute approximate surface area is 194 Å². The Kier molecular flexibility index (Phi) is 7.21. The summed E-state index contributed by atoms with van der Waals surface area (Å²) < 4.78 is 11.7. The molecule has 1 aliphatic carbocycles. The first-order valence-corrected chi connectivity index (χ1v) is 11.3. The second kappa shape index (κ2) is 10.6. The van der Waals surface area contributed by atoms with Gasteiger partial charge in [0.25, 0.3) is 5.91 Å². The molecule has 4 rings (SSSR count). The molecule has 3 aromatic rings. The second-order valence-corrected chi connectivity index (χ2v) is 8.36. The molecule has 1 aliphatic rings. The van der Waals surface area contributed by atoms with Crippen LogP contribution in [0.15, 0.2) is 66.9 Å². The number of ether oxygens (including phenoxy) is 2. The van der Waals surface area contributed by atoms with Crippen molar-refractivity contribution in [2.75, 3.05) is 0 Å². The van der Waals surface area contributed by atoms with Crippen LogP contribution in [0.2, 0.25) is 0 Å². The number of rotatable bonds is 6. The van der Waals surface area contributed by atoms with Crippen LogP contribution in [-0.2, 0) is 0 Å². The van der Waals surface area contributed by atoms with Gasteiger partial charge in [0.15, 0.2) is 0 Å². The Morgan fingerprint density at radius 3 is 2.27 bits per heavy atom. The van der Waals surface area contributed by atoms with Crippen molar-refractivity contribution in [3.05, 3.63) is 78.0 Å². The lowest BCUT2D eigenvalue weighted by atomic mass is 9.83. The maximum absolute atomic E-state index is 12.2. The number of nitriles is 1. The number of hydrogen-bond donors (Lipinski definition) is 1. The van der Waals surface area contributed by atoms with E-state index in [1.165, 1.54) is 0 Å². The average Bonchev–Trinajstić information content (AvgIpc) is 2.81. The zero-order chi connectivity index (χ0) is 23.0. The Balaban J connectivity index is 1.48. The Morgan fingerprint density at radius 2 is 1.58 bits per heavy atom. The van der Waals surface area contributed by atoms with Crippen molar-refractivity contribution >= 4 is 5.91 Å². The van der Waals surface area contributed by atoms with E-state index in [1.54, 1.807) is 36.5 Å². The molecule has 0 saturated heterocycles. The molecule has 6 heteroatoms. The van der Waals surface area contributed by atoms with Crippen LogP contribution in [0.5, 0.6) is 23.1 Å². The van der Waals surface area contributed by atoms with E-state index in [2.05, 4.69) is 11.1 Å². The molecule has 1 fully saturated rings. The number of nitrogens with two attached hydrogens (primary N) is 1. The molecule has 33 heavy (non-hydrogen) atoms. The molecule has 1 heterocycles. The lowest BCUT2D eigenvalue weighted by Gasteiger charge is -2.22. The number of amides is 1. The minimum Gasteiger partial charge on any atom is -0.457 e. The Bertz CT molecular complexity index is 1120. The fourth-order valence-corrected chi connectivity index (χ4v) is 4.20. The number of aromatic nitrogens is 1. The molecule has 1 unspecified atom stereocenters. The van der Waals surface area contributed by atoms with Crippen molar-refractivity contribution in [2.24, 2.45) is 11.7 Å². The largest absolute Gasteiger partial charge is 0.457 e. The molecule has 1 saturated carbocycles.